The molecule has 0 bridgehead atoms. The van der Waals surface area contributed by atoms with Crippen LogP contribution in [0.1, 0.15) is 63.0 Å². The van der Waals surface area contributed by atoms with Crippen molar-refractivity contribution < 1.29 is 9.90 Å². The first-order valence-corrected chi connectivity index (χ1v) is 8.11. The molecule has 1 aromatic carbocycles. The summed E-state index contributed by atoms with van der Waals surface area (Å²) in [5.74, 6) is 0.674. The molecule has 1 aliphatic carbocycles. The summed E-state index contributed by atoms with van der Waals surface area (Å²) in [6.07, 6.45) is 4.58. The number of rotatable bonds is 5. The SMILES string of the molecule is CC(C)c1ccc(CCC(=O)NC2CCC(O)CC2)cc1. The third-order valence-corrected chi connectivity index (χ3v) is 4.35. The van der Waals surface area contributed by atoms with Crippen molar-refractivity contribution in [2.75, 3.05) is 0 Å². The first-order valence-electron chi connectivity index (χ1n) is 8.11. The van der Waals surface area contributed by atoms with Gasteiger partial charge in [-0.3, -0.25) is 4.79 Å². The fraction of sp³-hybridized carbons (Fsp3) is 0.611. The number of carbonyl (C=O) groups excluding carboxylic acids is 1. The van der Waals surface area contributed by atoms with Crippen molar-refractivity contribution in [3.63, 3.8) is 0 Å². The highest BCUT2D eigenvalue weighted by Gasteiger charge is 2.20. The minimum Gasteiger partial charge on any atom is -0.393 e. The van der Waals surface area contributed by atoms with Crippen LogP contribution >= 0.6 is 0 Å². The number of amides is 1. The molecule has 0 spiro atoms. The van der Waals surface area contributed by atoms with Crippen molar-refractivity contribution >= 4 is 5.91 Å². The summed E-state index contributed by atoms with van der Waals surface area (Å²) in [5, 5.41) is 12.6. The fourth-order valence-electron chi connectivity index (χ4n) is 2.85. The van der Waals surface area contributed by atoms with Crippen molar-refractivity contribution in [3.8, 4) is 0 Å². The summed E-state index contributed by atoms with van der Waals surface area (Å²) in [6.45, 7) is 4.37. The van der Waals surface area contributed by atoms with Crippen molar-refractivity contribution in [2.45, 2.75) is 70.4 Å². The van der Waals surface area contributed by atoms with Gasteiger partial charge < -0.3 is 10.4 Å². The molecule has 0 heterocycles. The topological polar surface area (TPSA) is 49.3 Å². The van der Waals surface area contributed by atoms with Crippen molar-refractivity contribution in [1.82, 2.24) is 5.32 Å². The van der Waals surface area contributed by atoms with Gasteiger partial charge in [0.25, 0.3) is 0 Å². The Kier molecular flexibility index (Phi) is 5.80. The van der Waals surface area contributed by atoms with E-state index in [4.69, 9.17) is 0 Å². The molecule has 2 rings (SSSR count). The molecular formula is C18H27NO2. The molecule has 3 heteroatoms. The minimum absolute atomic E-state index is 0.129. The van der Waals surface area contributed by atoms with E-state index in [1.165, 1.54) is 11.1 Å². The van der Waals surface area contributed by atoms with Crippen molar-refractivity contribution in [2.24, 2.45) is 0 Å². The maximum atomic E-state index is 12.0. The van der Waals surface area contributed by atoms with E-state index in [1.54, 1.807) is 0 Å². The van der Waals surface area contributed by atoms with E-state index in [1.807, 2.05) is 0 Å². The van der Waals surface area contributed by atoms with Crippen LogP contribution in [0.15, 0.2) is 24.3 Å². The molecular weight excluding hydrogens is 262 g/mol. The summed E-state index contributed by atoms with van der Waals surface area (Å²) in [4.78, 5) is 12.0. The van der Waals surface area contributed by atoms with Gasteiger partial charge in [-0.2, -0.15) is 0 Å². The summed E-state index contributed by atoms with van der Waals surface area (Å²) >= 11 is 0. The first-order chi connectivity index (χ1) is 10.0. The molecule has 0 atom stereocenters. The second-order valence-electron chi connectivity index (χ2n) is 6.47. The van der Waals surface area contributed by atoms with Gasteiger partial charge in [-0.05, 0) is 49.1 Å². The zero-order chi connectivity index (χ0) is 15.2. The largest absolute Gasteiger partial charge is 0.393 e. The van der Waals surface area contributed by atoms with Gasteiger partial charge in [-0.25, -0.2) is 0 Å². The first kappa shape index (κ1) is 16.0. The Balaban J connectivity index is 1.73. The standard InChI is InChI=1S/C18H27NO2/c1-13(2)15-6-3-14(4-7-15)5-12-18(21)19-16-8-10-17(20)11-9-16/h3-4,6-7,13,16-17,20H,5,8-12H2,1-2H3,(H,19,21). The predicted molar refractivity (Wildman–Crippen MR) is 85.3 cm³/mol. The molecule has 1 saturated carbocycles. The number of aliphatic hydroxyl groups is 1. The second kappa shape index (κ2) is 7.60. The van der Waals surface area contributed by atoms with Crippen LogP contribution in [0, 0.1) is 0 Å². The normalized spacial score (nSPS) is 22.3. The van der Waals surface area contributed by atoms with Crippen LogP contribution < -0.4 is 5.32 Å². The smallest absolute Gasteiger partial charge is 0.220 e. The summed E-state index contributed by atoms with van der Waals surface area (Å²) < 4.78 is 0. The Morgan fingerprint density at radius 1 is 1.19 bits per heavy atom. The van der Waals surface area contributed by atoms with Crippen LogP contribution in [-0.4, -0.2) is 23.2 Å². The molecule has 0 radical (unpaired) electrons. The second-order valence-corrected chi connectivity index (χ2v) is 6.47. The van der Waals surface area contributed by atoms with E-state index >= 15 is 0 Å². The van der Waals surface area contributed by atoms with E-state index in [0.717, 1.165) is 32.1 Å². The van der Waals surface area contributed by atoms with Gasteiger partial charge in [0.1, 0.15) is 0 Å². The van der Waals surface area contributed by atoms with Gasteiger partial charge in [0.2, 0.25) is 5.91 Å². The summed E-state index contributed by atoms with van der Waals surface area (Å²) in [7, 11) is 0. The minimum atomic E-state index is -0.169. The lowest BCUT2D eigenvalue weighted by Gasteiger charge is -2.26. The third kappa shape index (κ3) is 5.16. The molecule has 1 fully saturated rings. The molecule has 3 nitrogen and oxygen atoms in total. The van der Waals surface area contributed by atoms with Gasteiger partial charge >= 0.3 is 0 Å². The predicted octanol–water partition coefficient (Wildman–Crippen LogP) is 3.16. The van der Waals surface area contributed by atoms with Gasteiger partial charge in [0.15, 0.2) is 0 Å². The average Bonchev–Trinajstić information content (AvgIpc) is 2.48. The zero-order valence-corrected chi connectivity index (χ0v) is 13.1. The number of aliphatic hydroxyl groups excluding tert-OH is 1. The lowest BCUT2D eigenvalue weighted by atomic mass is 9.93. The lowest BCUT2D eigenvalue weighted by molar-refractivity contribution is -0.122. The average molecular weight is 289 g/mol. The molecule has 0 saturated heterocycles. The number of benzene rings is 1. The van der Waals surface area contributed by atoms with Crippen molar-refractivity contribution in [1.29, 1.82) is 0 Å². The van der Waals surface area contributed by atoms with Gasteiger partial charge in [-0.15, -0.1) is 0 Å². The van der Waals surface area contributed by atoms with Gasteiger partial charge in [0, 0.05) is 12.5 Å². The molecule has 0 aromatic heterocycles. The Hall–Kier alpha value is -1.35. The molecule has 2 N–H and O–H groups in total. The zero-order valence-electron chi connectivity index (χ0n) is 13.1. The number of aryl methyl sites for hydroxylation is 1. The van der Waals surface area contributed by atoms with Crippen LogP contribution in [0.2, 0.25) is 0 Å². The molecule has 116 valence electrons. The van der Waals surface area contributed by atoms with E-state index in [9.17, 15) is 9.90 Å². The number of nitrogens with one attached hydrogen (secondary N) is 1. The van der Waals surface area contributed by atoms with Gasteiger partial charge in [-0.1, -0.05) is 38.1 Å². The van der Waals surface area contributed by atoms with Crippen LogP contribution in [0.25, 0.3) is 0 Å². The molecule has 21 heavy (non-hydrogen) atoms. The quantitative estimate of drug-likeness (QED) is 0.874. The maximum absolute atomic E-state index is 12.0. The van der Waals surface area contributed by atoms with E-state index in [2.05, 4.69) is 43.4 Å². The van der Waals surface area contributed by atoms with E-state index in [0.29, 0.717) is 12.3 Å². The maximum Gasteiger partial charge on any atom is 0.220 e. The number of hydrogen-bond donors (Lipinski definition) is 2. The summed E-state index contributed by atoms with van der Waals surface area (Å²) in [6, 6.07) is 8.81. The molecule has 1 aliphatic rings. The highest BCUT2D eigenvalue weighted by atomic mass is 16.3. The number of hydrogen-bond acceptors (Lipinski definition) is 2. The summed E-state index contributed by atoms with van der Waals surface area (Å²) in [5.41, 5.74) is 2.55. The molecule has 0 unspecified atom stereocenters. The highest BCUT2D eigenvalue weighted by Crippen LogP contribution is 2.19. The van der Waals surface area contributed by atoms with Crippen LogP contribution in [-0.2, 0) is 11.2 Å². The Morgan fingerprint density at radius 3 is 2.38 bits per heavy atom. The van der Waals surface area contributed by atoms with E-state index < -0.39 is 0 Å². The molecule has 1 amide bonds. The Bertz CT molecular complexity index is 445. The third-order valence-electron chi connectivity index (χ3n) is 4.35. The highest BCUT2D eigenvalue weighted by molar-refractivity contribution is 5.76. The Labute approximate surface area is 127 Å². The molecule has 1 aromatic rings. The fourth-order valence-corrected chi connectivity index (χ4v) is 2.85. The van der Waals surface area contributed by atoms with E-state index in [-0.39, 0.29) is 18.1 Å². The van der Waals surface area contributed by atoms with Crippen LogP contribution in [0.5, 0.6) is 0 Å². The monoisotopic (exact) mass is 289 g/mol. The molecule has 0 aliphatic heterocycles. The van der Waals surface area contributed by atoms with Crippen molar-refractivity contribution in [3.05, 3.63) is 35.4 Å². The number of carbonyl (C=O) groups is 1. The van der Waals surface area contributed by atoms with Crippen LogP contribution in [0.4, 0.5) is 0 Å². The lowest BCUT2D eigenvalue weighted by Crippen LogP contribution is -2.38. The van der Waals surface area contributed by atoms with Gasteiger partial charge in [0.05, 0.1) is 6.10 Å². The van der Waals surface area contributed by atoms with Crippen LogP contribution in [0.3, 0.4) is 0 Å². The Morgan fingerprint density at radius 2 is 1.81 bits per heavy atom.